The Bertz CT molecular complexity index is 502. The molecule has 0 radical (unpaired) electrons. The molecule has 1 aromatic carbocycles. The summed E-state index contributed by atoms with van der Waals surface area (Å²) in [6, 6.07) is 14.9. The Labute approximate surface area is 116 Å². The highest BCUT2D eigenvalue weighted by Gasteiger charge is 2.18. The van der Waals surface area contributed by atoms with E-state index in [0.29, 0.717) is 11.8 Å². The van der Waals surface area contributed by atoms with Gasteiger partial charge in [0, 0.05) is 17.8 Å². The first kappa shape index (κ1) is 13.8. The third-order valence-electron chi connectivity index (χ3n) is 3.79. The summed E-state index contributed by atoms with van der Waals surface area (Å²) >= 11 is 0. The van der Waals surface area contributed by atoms with Crippen LogP contribution in [-0.2, 0) is 6.42 Å². The average molecular weight is 253 g/mol. The summed E-state index contributed by atoms with van der Waals surface area (Å²) in [5.74, 6) is 1.17. The molecule has 2 aromatic rings. The molecular weight excluding hydrogens is 230 g/mol. The van der Waals surface area contributed by atoms with E-state index in [1.165, 1.54) is 23.2 Å². The molecule has 0 bridgehead atoms. The zero-order chi connectivity index (χ0) is 13.7. The molecule has 1 nitrogen and oxygen atoms in total. The van der Waals surface area contributed by atoms with Crippen molar-refractivity contribution in [2.75, 3.05) is 0 Å². The van der Waals surface area contributed by atoms with Gasteiger partial charge in [0.1, 0.15) is 0 Å². The number of hydrogen-bond donors (Lipinski definition) is 0. The summed E-state index contributed by atoms with van der Waals surface area (Å²) in [5, 5.41) is 0. The second kappa shape index (κ2) is 6.51. The van der Waals surface area contributed by atoms with Crippen LogP contribution < -0.4 is 0 Å². The van der Waals surface area contributed by atoms with Gasteiger partial charge in [0.2, 0.25) is 0 Å². The van der Waals surface area contributed by atoms with Gasteiger partial charge >= 0.3 is 0 Å². The molecule has 1 heteroatoms. The lowest BCUT2D eigenvalue weighted by molar-refractivity contribution is 0.456. The highest BCUT2D eigenvalue weighted by atomic mass is 14.7. The summed E-state index contributed by atoms with van der Waals surface area (Å²) in [6.07, 6.45) is 4.21. The molecule has 0 saturated carbocycles. The molecule has 1 unspecified atom stereocenters. The Morgan fingerprint density at radius 2 is 1.74 bits per heavy atom. The molecular formula is C18H23N. The summed E-state index contributed by atoms with van der Waals surface area (Å²) in [7, 11) is 0. The van der Waals surface area contributed by atoms with Crippen LogP contribution in [0.25, 0.3) is 0 Å². The van der Waals surface area contributed by atoms with E-state index in [1.54, 1.807) is 0 Å². The van der Waals surface area contributed by atoms with Gasteiger partial charge in [0.15, 0.2) is 0 Å². The number of aryl methyl sites for hydroxylation is 2. The highest BCUT2D eigenvalue weighted by Crippen LogP contribution is 2.29. The van der Waals surface area contributed by atoms with E-state index in [2.05, 4.69) is 62.2 Å². The molecule has 0 amide bonds. The van der Waals surface area contributed by atoms with Gasteiger partial charge in [-0.25, -0.2) is 0 Å². The van der Waals surface area contributed by atoms with Gasteiger partial charge in [-0.1, -0.05) is 50.2 Å². The molecule has 19 heavy (non-hydrogen) atoms. The van der Waals surface area contributed by atoms with E-state index < -0.39 is 0 Å². The first-order valence-corrected chi connectivity index (χ1v) is 7.14. The lowest BCUT2D eigenvalue weighted by atomic mass is 9.85. The van der Waals surface area contributed by atoms with Crippen LogP contribution in [0.5, 0.6) is 0 Å². The molecule has 0 fully saturated rings. The zero-order valence-electron chi connectivity index (χ0n) is 12.1. The topological polar surface area (TPSA) is 12.9 Å². The molecule has 0 spiro atoms. The van der Waals surface area contributed by atoms with Gasteiger partial charge in [0.05, 0.1) is 0 Å². The van der Waals surface area contributed by atoms with Crippen molar-refractivity contribution in [2.24, 2.45) is 5.92 Å². The van der Waals surface area contributed by atoms with E-state index in [0.717, 1.165) is 6.42 Å². The maximum Gasteiger partial charge on any atom is 0.0466 e. The van der Waals surface area contributed by atoms with E-state index in [1.807, 2.05) is 12.3 Å². The quantitative estimate of drug-likeness (QED) is 0.748. The van der Waals surface area contributed by atoms with Crippen LogP contribution in [0.2, 0.25) is 0 Å². The molecule has 2 rings (SSSR count). The van der Waals surface area contributed by atoms with E-state index in [9.17, 15) is 0 Å². The van der Waals surface area contributed by atoms with Crippen LogP contribution in [-0.4, -0.2) is 4.98 Å². The van der Waals surface area contributed by atoms with Crippen molar-refractivity contribution in [1.82, 2.24) is 4.98 Å². The van der Waals surface area contributed by atoms with Crippen molar-refractivity contribution < 1.29 is 0 Å². The van der Waals surface area contributed by atoms with Crippen LogP contribution in [0.4, 0.5) is 0 Å². The van der Waals surface area contributed by atoms with Crippen LogP contribution >= 0.6 is 0 Å². The molecule has 0 aliphatic heterocycles. The predicted octanol–water partition coefficient (Wildman–Crippen LogP) is 4.76. The second-order valence-corrected chi connectivity index (χ2v) is 5.58. The number of nitrogens with zero attached hydrogens (tertiary/aromatic N) is 1. The van der Waals surface area contributed by atoms with Crippen molar-refractivity contribution in [2.45, 2.75) is 39.5 Å². The van der Waals surface area contributed by atoms with Crippen LogP contribution in [0, 0.1) is 12.8 Å². The Morgan fingerprint density at radius 1 is 1.00 bits per heavy atom. The highest BCUT2D eigenvalue weighted by molar-refractivity contribution is 5.23. The standard InChI is InChI=1S/C18H23N/c1-14(2)17(18-15(3)8-7-13-19-18)12-11-16-9-5-4-6-10-16/h4-10,13-14,17H,11-12H2,1-3H3. The first-order chi connectivity index (χ1) is 9.18. The number of hydrogen-bond acceptors (Lipinski definition) is 1. The van der Waals surface area contributed by atoms with Crippen molar-refractivity contribution in [3.8, 4) is 0 Å². The number of aromatic nitrogens is 1. The second-order valence-electron chi connectivity index (χ2n) is 5.58. The first-order valence-electron chi connectivity index (χ1n) is 7.14. The fourth-order valence-electron chi connectivity index (χ4n) is 2.64. The Balaban J connectivity index is 2.12. The smallest absolute Gasteiger partial charge is 0.0466 e. The summed E-state index contributed by atoms with van der Waals surface area (Å²) in [4.78, 5) is 4.61. The summed E-state index contributed by atoms with van der Waals surface area (Å²) in [6.45, 7) is 6.76. The Kier molecular flexibility index (Phi) is 4.73. The van der Waals surface area contributed by atoms with Gasteiger partial charge in [-0.05, 0) is 42.9 Å². The van der Waals surface area contributed by atoms with E-state index >= 15 is 0 Å². The van der Waals surface area contributed by atoms with Gasteiger partial charge in [0.25, 0.3) is 0 Å². The molecule has 0 aliphatic rings. The largest absolute Gasteiger partial charge is 0.261 e. The SMILES string of the molecule is Cc1cccnc1C(CCc1ccccc1)C(C)C. The van der Waals surface area contributed by atoms with E-state index in [4.69, 9.17) is 0 Å². The average Bonchev–Trinajstić information content (AvgIpc) is 2.42. The lowest BCUT2D eigenvalue weighted by Gasteiger charge is -2.22. The molecule has 0 saturated heterocycles. The minimum Gasteiger partial charge on any atom is -0.261 e. The van der Waals surface area contributed by atoms with Gasteiger partial charge in [-0.15, -0.1) is 0 Å². The molecule has 0 N–H and O–H groups in total. The third-order valence-corrected chi connectivity index (χ3v) is 3.79. The van der Waals surface area contributed by atoms with Crippen LogP contribution in [0.1, 0.15) is 43.0 Å². The summed E-state index contributed by atoms with van der Waals surface area (Å²) < 4.78 is 0. The summed E-state index contributed by atoms with van der Waals surface area (Å²) in [5.41, 5.74) is 4.00. The minimum absolute atomic E-state index is 0.543. The van der Waals surface area contributed by atoms with Crippen LogP contribution in [0.3, 0.4) is 0 Å². The number of benzene rings is 1. The van der Waals surface area contributed by atoms with Gasteiger partial charge < -0.3 is 0 Å². The van der Waals surface area contributed by atoms with Gasteiger partial charge in [-0.3, -0.25) is 4.98 Å². The molecule has 100 valence electrons. The maximum absolute atomic E-state index is 4.61. The molecule has 1 aromatic heterocycles. The molecule has 1 heterocycles. The van der Waals surface area contributed by atoms with Crippen molar-refractivity contribution >= 4 is 0 Å². The normalized spacial score (nSPS) is 12.6. The van der Waals surface area contributed by atoms with Crippen LogP contribution in [0.15, 0.2) is 48.7 Å². The molecule has 0 aliphatic carbocycles. The Hall–Kier alpha value is -1.63. The van der Waals surface area contributed by atoms with Crippen molar-refractivity contribution in [3.05, 3.63) is 65.5 Å². The predicted molar refractivity (Wildman–Crippen MR) is 81.3 cm³/mol. The van der Waals surface area contributed by atoms with E-state index in [-0.39, 0.29) is 0 Å². The maximum atomic E-state index is 4.61. The fraction of sp³-hybridized carbons (Fsp3) is 0.389. The van der Waals surface area contributed by atoms with Crippen molar-refractivity contribution in [1.29, 1.82) is 0 Å². The Morgan fingerprint density at radius 3 is 2.37 bits per heavy atom. The van der Waals surface area contributed by atoms with Gasteiger partial charge in [-0.2, -0.15) is 0 Å². The lowest BCUT2D eigenvalue weighted by Crippen LogP contribution is -2.11. The number of pyridine rings is 1. The number of rotatable bonds is 5. The zero-order valence-corrected chi connectivity index (χ0v) is 12.1. The third kappa shape index (κ3) is 3.66. The van der Waals surface area contributed by atoms with Crippen molar-refractivity contribution in [3.63, 3.8) is 0 Å². The minimum atomic E-state index is 0.543. The monoisotopic (exact) mass is 253 g/mol. The molecule has 1 atom stereocenters. The fourth-order valence-corrected chi connectivity index (χ4v) is 2.64.